The number of alkyl halides is 3. The Kier molecular flexibility index (Phi) is 7.19. The molecule has 4 rings (SSSR count). The highest BCUT2D eigenvalue weighted by molar-refractivity contribution is 7.97. The number of halogens is 4. The van der Waals surface area contributed by atoms with E-state index < -0.39 is 23.5 Å². The minimum atomic E-state index is -4.37. The van der Waals surface area contributed by atoms with Gasteiger partial charge in [0.2, 0.25) is 0 Å². The molecule has 1 N–H and O–H groups in total. The molecule has 2 aliphatic rings. The molecule has 1 amide bonds. The van der Waals surface area contributed by atoms with Crippen LogP contribution in [0.15, 0.2) is 36.4 Å². The summed E-state index contributed by atoms with van der Waals surface area (Å²) in [6.07, 6.45) is 0.677. The van der Waals surface area contributed by atoms with Crippen molar-refractivity contribution in [3.8, 4) is 5.75 Å². The van der Waals surface area contributed by atoms with Gasteiger partial charge in [0.05, 0.1) is 11.1 Å². The molecule has 178 valence electrons. The third-order valence-electron chi connectivity index (χ3n) is 5.97. The predicted molar refractivity (Wildman–Crippen MR) is 120 cm³/mol. The number of likely N-dealkylation sites (tertiary alicyclic amines) is 1. The van der Waals surface area contributed by atoms with Gasteiger partial charge in [-0.3, -0.25) is 14.4 Å². The van der Waals surface area contributed by atoms with Crippen molar-refractivity contribution in [2.45, 2.75) is 50.4 Å². The first-order valence-electron chi connectivity index (χ1n) is 11.0. The van der Waals surface area contributed by atoms with Gasteiger partial charge in [0.1, 0.15) is 17.7 Å². The standard InChI is InChI=1S/C24H26F4N2O2S/c1-33-29-23(31)20-11-19(16-7-8-16)22(12-21(20)25)32-18-6-3-9-30(14-18)13-15-4-2-5-17(10-15)24(26,27)28/h2,4-5,10-12,16,18H,3,6-9,13-14H2,1H3,(H,29,31). The Morgan fingerprint density at radius 1 is 1.21 bits per heavy atom. The molecule has 1 atom stereocenters. The lowest BCUT2D eigenvalue weighted by molar-refractivity contribution is -0.137. The number of hydrogen-bond acceptors (Lipinski definition) is 4. The normalized spacial score (nSPS) is 19.4. The van der Waals surface area contributed by atoms with Crippen LogP contribution in [-0.2, 0) is 12.7 Å². The third-order valence-corrected chi connectivity index (χ3v) is 6.36. The van der Waals surface area contributed by atoms with E-state index in [9.17, 15) is 22.4 Å². The number of hydrogen-bond donors (Lipinski definition) is 1. The fraction of sp³-hybridized carbons (Fsp3) is 0.458. The number of benzene rings is 2. The molecule has 9 heteroatoms. The molecule has 1 saturated heterocycles. The topological polar surface area (TPSA) is 41.6 Å². The maximum Gasteiger partial charge on any atom is 0.416 e. The van der Waals surface area contributed by atoms with Gasteiger partial charge in [-0.2, -0.15) is 13.2 Å². The van der Waals surface area contributed by atoms with Crippen LogP contribution in [0.3, 0.4) is 0 Å². The van der Waals surface area contributed by atoms with Gasteiger partial charge in [0.15, 0.2) is 0 Å². The second-order valence-electron chi connectivity index (χ2n) is 8.59. The van der Waals surface area contributed by atoms with Crippen LogP contribution in [0.2, 0.25) is 0 Å². The summed E-state index contributed by atoms with van der Waals surface area (Å²) in [4.78, 5) is 14.2. The summed E-state index contributed by atoms with van der Waals surface area (Å²) in [6, 6.07) is 8.27. The second kappa shape index (κ2) is 9.93. The Balaban J connectivity index is 1.46. The van der Waals surface area contributed by atoms with Crippen LogP contribution in [0, 0.1) is 5.82 Å². The number of carbonyl (C=O) groups excluding carboxylic acids is 1. The average molecular weight is 483 g/mol. The highest BCUT2D eigenvalue weighted by Gasteiger charge is 2.32. The lowest BCUT2D eigenvalue weighted by atomic mass is 10.0. The average Bonchev–Trinajstić information content (AvgIpc) is 3.59. The van der Waals surface area contributed by atoms with Crippen molar-refractivity contribution in [1.29, 1.82) is 0 Å². The zero-order chi connectivity index (χ0) is 23.6. The molecule has 1 saturated carbocycles. The Bertz CT molecular complexity index is 1010. The van der Waals surface area contributed by atoms with E-state index in [1.807, 2.05) is 0 Å². The van der Waals surface area contributed by atoms with Gasteiger partial charge in [-0.15, -0.1) is 0 Å². The minimum Gasteiger partial charge on any atom is -0.489 e. The van der Waals surface area contributed by atoms with Crippen LogP contribution < -0.4 is 9.46 Å². The van der Waals surface area contributed by atoms with Crippen LogP contribution in [0.1, 0.15) is 58.6 Å². The molecule has 1 aliphatic carbocycles. The molecule has 33 heavy (non-hydrogen) atoms. The molecule has 4 nitrogen and oxygen atoms in total. The van der Waals surface area contributed by atoms with E-state index in [-0.39, 0.29) is 17.6 Å². The zero-order valence-electron chi connectivity index (χ0n) is 18.3. The Morgan fingerprint density at radius 2 is 2.00 bits per heavy atom. The molecule has 0 bridgehead atoms. The maximum atomic E-state index is 14.7. The number of rotatable bonds is 7. The first kappa shape index (κ1) is 23.9. The largest absolute Gasteiger partial charge is 0.489 e. The number of nitrogens with one attached hydrogen (secondary N) is 1. The molecular formula is C24H26F4N2O2S. The van der Waals surface area contributed by atoms with E-state index in [2.05, 4.69) is 9.62 Å². The number of amides is 1. The molecule has 2 aromatic carbocycles. The van der Waals surface area contributed by atoms with Crippen molar-refractivity contribution in [3.05, 3.63) is 64.5 Å². The van der Waals surface area contributed by atoms with Gasteiger partial charge in [-0.25, -0.2) is 4.39 Å². The highest BCUT2D eigenvalue weighted by atomic mass is 32.2. The van der Waals surface area contributed by atoms with E-state index in [1.54, 1.807) is 18.4 Å². The lowest BCUT2D eigenvalue weighted by Crippen LogP contribution is -2.40. The number of nitrogens with zero attached hydrogens (tertiary/aromatic N) is 1. The van der Waals surface area contributed by atoms with E-state index in [1.165, 1.54) is 18.2 Å². The molecule has 1 heterocycles. The second-order valence-corrected chi connectivity index (χ2v) is 9.21. The first-order chi connectivity index (χ1) is 15.7. The molecular weight excluding hydrogens is 456 g/mol. The van der Waals surface area contributed by atoms with Crippen LogP contribution in [-0.4, -0.2) is 36.3 Å². The van der Waals surface area contributed by atoms with E-state index in [0.717, 1.165) is 55.8 Å². The van der Waals surface area contributed by atoms with Crippen LogP contribution >= 0.6 is 11.9 Å². The lowest BCUT2D eigenvalue weighted by Gasteiger charge is -2.33. The van der Waals surface area contributed by atoms with Gasteiger partial charge < -0.3 is 4.74 Å². The highest BCUT2D eigenvalue weighted by Crippen LogP contribution is 2.45. The molecule has 2 fully saturated rings. The molecule has 2 aromatic rings. The van der Waals surface area contributed by atoms with Crippen molar-refractivity contribution in [2.24, 2.45) is 0 Å². The SMILES string of the molecule is CSNC(=O)c1cc(C2CC2)c(OC2CCCN(Cc3cccc(C(F)(F)F)c3)C2)cc1F. The molecule has 0 spiro atoms. The first-order valence-corrected chi connectivity index (χ1v) is 12.2. The van der Waals surface area contributed by atoms with Gasteiger partial charge >= 0.3 is 6.18 Å². The fourth-order valence-corrected chi connectivity index (χ4v) is 4.54. The monoisotopic (exact) mass is 482 g/mol. The summed E-state index contributed by atoms with van der Waals surface area (Å²) in [7, 11) is 0. The van der Waals surface area contributed by atoms with Crippen molar-refractivity contribution in [2.75, 3.05) is 19.3 Å². The van der Waals surface area contributed by atoms with Gasteiger partial charge in [-0.05, 0) is 61.4 Å². The summed E-state index contributed by atoms with van der Waals surface area (Å²) < 4.78 is 62.5. The number of carbonyl (C=O) groups is 1. The summed E-state index contributed by atoms with van der Waals surface area (Å²) in [5.41, 5.74) is 0.797. The van der Waals surface area contributed by atoms with Crippen LogP contribution in [0.4, 0.5) is 17.6 Å². The number of ether oxygens (including phenoxy) is 1. The van der Waals surface area contributed by atoms with Gasteiger partial charge in [0, 0.05) is 25.4 Å². The minimum absolute atomic E-state index is 0.00779. The molecule has 1 aliphatic heterocycles. The quantitative estimate of drug-likeness (QED) is 0.402. The molecule has 1 unspecified atom stereocenters. The van der Waals surface area contributed by atoms with Crippen LogP contribution in [0.5, 0.6) is 5.75 Å². The Morgan fingerprint density at radius 3 is 2.70 bits per heavy atom. The van der Waals surface area contributed by atoms with E-state index >= 15 is 0 Å². The van der Waals surface area contributed by atoms with Crippen molar-refractivity contribution < 1.29 is 27.1 Å². The van der Waals surface area contributed by atoms with E-state index in [0.29, 0.717) is 24.4 Å². The molecule has 0 radical (unpaired) electrons. The summed E-state index contributed by atoms with van der Waals surface area (Å²) in [5, 5.41) is 0. The summed E-state index contributed by atoms with van der Waals surface area (Å²) >= 11 is 1.11. The number of piperidine rings is 1. The Hall–Kier alpha value is -2.26. The van der Waals surface area contributed by atoms with Crippen molar-refractivity contribution >= 4 is 17.9 Å². The summed E-state index contributed by atoms with van der Waals surface area (Å²) in [5.74, 6) is -0.385. The van der Waals surface area contributed by atoms with Gasteiger partial charge in [0.25, 0.3) is 5.91 Å². The Labute approximate surface area is 194 Å². The maximum absolute atomic E-state index is 14.7. The van der Waals surface area contributed by atoms with Crippen molar-refractivity contribution in [3.63, 3.8) is 0 Å². The third kappa shape index (κ3) is 6.00. The molecule has 0 aromatic heterocycles. The fourth-order valence-electron chi connectivity index (χ4n) is 4.25. The summed E-state index contributed by atoms with van der Waals surface area (Å²) in [6.45, 7) is 1.69. The zero-order valence-corrected chi connectivity index (χ0v) is 19.1. The van der Waals surface area contributed by atoms with E-state index in [4.69, 9.17) is 4.74 Å². The smallest absolute Gasteiger partial charge is 0.416 e. The van der Waals surface area contributed by atoms with Crippen LogP contribution in [0.25, 0.3) is 0 Å². The predicted octanol–water partition coefficient (Wildman–Crippen LogP) is 5.77. The van der Waals surface area contributed by atoms with Gasteiger partial charge in [-0.1, -0.05) is 30.1 Å². The van der Waals surface area contributed by atoms with Crippen molar-refractivity contribution in [1.82, 2.24) is 9.62 Å².